The summed E-state index contributed by atoms with van der Waals surface area (Å²) in [6.07, 6.45) is 8.56. The standard InChI is InChI=1S/C19H29FN2OS/c1-14(8-15(2)21-13-24)10-22(3)7-6-19-11-18(12-23-19)5-4-16(20)9-17(18)19/h4-5,9,13-15,17H,6-8,10-12H2,1-3H3,(H,21,24)/t14?,15?,17?,18-,19?/m1/s1. The lowest BCUT2D eigenvalue weighted by molar-refractivity contribution is -0.0592. The van der Waals surface area contributed by atoms with Crippen LogP contribution in [0, 0.1) is 17.3 Å². The molecule has 5 atom stereocenters. The molecule has 4 aliphatic rings. The van der Waals surface area contributed by atoms with Gasteiger partial charge in [0.15, 0.2) is 0 Å². The SMILES string of the molecule is CC(CC(C)NC=S)CN(C)CCC12C[C@]3(C=CC(F)=CC13)CO2. The molecular formula is C19H29FN2OS. The molecule has 5 heteroatoms. The first kappa shape index (κ1) is 18.0. The molecule has 0 amide bonds. The molecule has 0 aromatic carbocycles. The Kier molecular flexibility index (Phi) is 5.14. The molecule has 1 saturated carbocycles. The number of nitrogens with zero attached hydrogens (tertiary/aromatic N) is 1. The van der Waals surface area contributed by atoms with Crippen molar-refractivity contribution in [2.45, 2.75) is 44.8 Å². The zero-order chi connectivity index (χ0) is 17.4. The van der Waals surface area contributed by atoms with Gasteiger partial charge in [0.05, 0.1) is 17.7 Å². The second kappa shape index (κ2) is 6.85. The van der Waals surface area contributed by atoms with Crippen molar-refractivity contribution in [1.82, 2.24) is 10.2 Å². The van der Waals surface area contributed by atoms with Crippen LogP contribution in [0.2, 0.25) is 0 Å². The Balaban J connectivity index is 1.46. The van der Waals surface area contributed by atoms with Gasteiger partial charge in [-0.25, -0.2) is 4.39 Å². The van der Waals surface area contributed by atoms with Gasteiger partial charge >= 0.3 is 0 Å². The largest absolute Gasteiger partial charge is 0.380 e. The van der Waals surface area contributed by atoms with Gasteiger partial charge in [-0.2, -0.15) is 0 Å². The van der Waals surface area contributed by atoms with E-state index >= 15 is 0 Å². The van der Waals surface area contributed by atoms with Gasteiger partial charge < -0.3 is 15.0 Å². The molecule has 2 saturated heterocycles. The number of fused-ring (bicyclic) bond motifs is 1. The fourth-order valence-electron chi connectivity index (χ4n) is 4.90. The fourth-order valence-corrected chi connectivity index (χ4v) is 5.13. The maximum absolute atomic E-state index is 13.6. The van der Waals surface area contributed by atoms with E-state index in [1.165, 1.54) is 0 Å². The summed E-state index contributed by atoms with van der Waals surface area (Å²) in [5.41, 5.74) is 1.56. The Morgan fingerprint density at radius 3 is 3.08 bits per heavy atom. The second-order valence-electron chi connectivity index (χ2n) is 8.16. The van der Waals surface area contributed by atoms with Crippen LogP contribution in [0.3, 0.4) is 0 Å². The Bertz CT molecular complexity index is 551. The number of allylic oxidation sites excluding steroid dienone is 2. The zero-order valence-electron chi connectivity index (χ0n) is 14.9. The molecule has 1 spiro atoms. The van der Waals surface area contributed by atoms with E-state index in [-0.39, 0.29) is 22.8 Å². The summed E-state index contributed by atoms with van der Waals surface area (Å²) in [6, 6.07) is 0.414. The predicted molar refractivity (Wildman–Crippen MR) is 99.7 cm³/mol. The third-order valence-corrected chi connectivity index (χ3v) is 6.13. The summed E-state index contributed by atoms with van der Waals surface area (Å²) in [7, 11) is 2.17. The molecule has 2 heterocycles. The summed E-state index contributed by atoms with van der Waals surface area (Å²) >= 11 is 4.85. The third-order valence-electron chi connectivity index (χ3n) is 5.99. The highest BCUT2D eigenvalue weighted by Gasteiger charge is 2.68. The molecule has 0 aromatic rings. The second-order valence-corrected chi connectivity index (χ2v) is 8.40. The Hall–Kier alpha value is -0.780. The van der Waals surface area contributed by atoms with Gasteiger partial charge in [-0.15, -0.1) is 0 Å². The molecular weight excluding hydrogens is 323 g/mol. The van der Waals surface area contributed by atoms with Crippen LogP contribution in [0.1, 0.15) is 33.1 Å². The Morgan fingerprint density at radius 2 is 2.33 bits per heavy atom. The quantitative estimate of drug-likeness (QED) is 0.642. The Morgan fingerprint density at radius 1 is 1.54 bits per heavy atom. The van der Waals surface area contributed by atoms with Gasteiger partial charge in [-0.3, -0.25) is 0 Å². The van der Waals surface area contributed by atoms with Gasteiger partial charge in [-0.1, -0.05) is 25.2 Å². The van der Waals surface area contributed by atoms with E-state index in [0.717, 1.165) is 39.0 Å². The van der Waals surface area contributed by atoms with E-state index in [1.807, 2.05) is 6.08 Å². The summed E-state index contributed by atoms with van der Waals surface area (Å²) in [4.78, 5) is 2.38. The molecule has 4 rings (SSSR count). The van der Waals surface area contributed by atoms with Gasteiger partial charge in [0.1, 0.15) is 5.83 Å². The van der Waals surface area contributed by atoms with E-state index < -0.39 is 0 Å². The zero-order valence-corrected chi connectivity index (χ0v) is 15.7. The molecule has 3 fully saturated rings. The smallest absolute Gasteiger partial charge is 0.119 e. The number of rotatable bonds is 9. The van der Waals surface area contributed by atoms with Crippen molar-refractivity contribution in [3.05, 3.63) is 24.1 Å². The molecule has 2 aliphatic heterocycles. The van der Waals surface area contributed by atoms with Gasteiger partial charge in [0.2, 0.25) is 0 Å². The highest BCUT2D eigenvalue weighted by molar-refractivity contribution is 7.78. The fraction of sp³-hybridized carbons (Fsp3) is 0.737. The molecule has 2 aliphatic carbocycles. The molecule has 2 bridgehead atoms. The number of thiocarbonyl (C=S) groups is 1. The number of halogens is 1. The van der Waals surface area contributed by atoms with E-state index in [0.29, 0.717) is 12.0 Å². The van der Waals surface area contributed by atoms with Crippen LogP contribution in [-0.2, 0) is 4.74 Å². The van der Waals surface area contributed by atoms with Crippen molar-refractivity contribution in [3.63, 3.8) is 0 Å². The van der Waals surface area contributed by atoms with Crippen LogP contribution >= 0.6 is 12.2 Å². The van der Waals surface area contributed by atoms with Gasteiger partial charge in [0.25, 0.3) is 0 Å². The number of ether oxygens (including phenoxy) is 1. The molecule has 0 radical (unpaired) electrons. The maximum atomic E-state index is 13.6. The Labute approximate surface area is 150 Å². The van der Waals surface area contributed by atoms with Gasteiger partial charge in [0, 0.05) is 30.5 Å². The molecule has 0 aromatic heterocycles. The minimum atomic E-state index is -0.133. The lowest BCUT2D eigenvalue weighted by Crippen LogP contribution is -2.55. The summed E-state index contributed by atoms with van der Waals surface area (Å²) in [6.45, 7) is 7.24. The highest BCUT2D eigenvalue weighted by atomic mass is 32.1. The van der Waals surface area contributed by atoms with E-state index in [2.05, 4.69) is 31.1 Å². The van der Waals surface area contributed by atoms with Crippen molar-refractivity contribution < 1.29 is 9.13 Å². The highest BCUT2D eigenvalue weighted by Crippen LogP contribution is 2.66. The van der Waals surface area contributed by atoms with Crippen LogP contribution in [0.5, 0.6) is 0 Å². The number of nitrogens with one attached hydrogen (secondary N) is 1. The van der Waals surface area contributed by atoms with Crippen molar-refractivity contribution in [2.24, 2.45) is 17.3 Å². The van der Waals surface area contributed by atoms with Crippen molar-refractivity contribution >= 4 is 17.7 Å². The van der Waals surface area contributed by atoms with Crippen molar-refractivity contribution in [3.8, 4) is 0 Å². The minimum Gasteiger partial charge on any atom is -0.380 e. The maximum Gasteiger partial charge on any atom is 0.119 e. The normalized spacial score (nSPS) is 35.9. The van der Waals surface area contributed by atoms with E-state index in [4.69, 9.17) is 17.0 Å². The lowest BCUT2D eigenvalue weighted by atomic mass is 9.51. The molecule has 4 unspecified atom stereocenters. The first-order valence-electron chi connectivity index (χ1n) is 8.98. The lowest BCUT2D eigenvalue weighted by Gasteiger charge is -2.52. The minimum absolute atomic E-state index is 0.0866. The third kappa shape index (κ3) is 3.31. The average Bonchev–Trinajstić information content (AvgIpc) is 3.02. The van der Waals surface area contributed by atoms with Crippen LogP contribution in [-0.4, -0.2) is 48.8 Å². The van der Waals surface area contributed by atoms with Crippen LogP contribution in [0.25, 0.3) is 0 Å². The number of hydrogen-bond acceptors (Lipinski definition) is 3. The van der Waals surface area contributed by atoms with Crippen molar-refractivity contribution in [1.29, 1.82) is 0 Å². The molecule has 3 nitrogen and oxygen atoms in total. The van der Waals surface area contributed by atoms with Crippen LogP contribution < -0.4 is 5.32 Å². The average molecular weight is 353 g/mol. The summed E-state index contributed by atoms with van der Waals surface area (Å²) < 4.78 is 19.8. The topological polar surface area (TPSA) is 24.5 Å². The molecule has 1 N–H and O–H groups in total. The predicted octanol–water partition coefficient (Wildman–Crippen LogP) is 3.47. The van der Waals surface area contributed by atoms with Gasteiger partial charge in [-0.05, 0) is 51.3 Å². The first-order chi connectivity index (χ1) is 11.4. The van der Waals surface area contributed by atoms with Crippen LogP contribution in [0.4, 0.5) is 4.39 Å². The van der Waals surface area contributed by atoms with E-state index in [1.54, 1.807) is 17.6 Å². The monoisotopic (exact) mass is 352 g/mol. The summed E-state index contributed by atoms with van der Waals surface area (Å²) in [5.74, 6) is 0.727. The first-order valence-corrected chi connectivity index (χ1v) is 9.45. The number of hydrogen-bond donors (Lipinski definition) is 1. The van der Waals surface area contributed by atoms with Crippen molar-refractivity contribution in [2.75, 3.05) is 26.7 Å². The molecule has 134 valence electrons. The van der Waals surface area contributed by atoms with Crippen LogP contribution in [0.15, 0.2) is 24.1 Å². The molecule has 24 heavy (non-hydrogen) atoms. The van der Waals surface area contributed by atoms with E-state index in [9.17, 15) is 4.39 Å². The summed E-state index contributed by atoms with van der Waals surface area (Å²) in [5, 5.41) is 3.18.